The zero-order chi connectivity index (χ0) is 14.8. The highest BCUT2D eigenvalue weighted by molar-refractivity contribution is 7.89. The fourth-order valence-corrected chi connectivity index (χ4v) is 3.49. The largest absolute Gasteiger partial charge is 0.389 e. The van der Waals surface area contributed by atoms with E-state index in [0.29, 0.717) is 25.1 Å². The molecular weight excluding hydrogens is 298 g/mol. The van der Waals surface area contributed by atoms with E-state index in [1.807, 2.05) is 0 Å². The molecule has 0 radical (unpaired) electrons. The second-order valence-electron chi connectivity index (χ2n) is 4.43. The van der Waals surface area contributed by atoms with E-state index < -0.39 is 10.0 Å². The van der Waals surface area contributed by atoms with Crippen molar-refractivity contribution in [1.82, 2.24) is 9.62 Å². The Labute approximate surface area is 123 Å². The van der Waals surface area contributed by atoms with Gasteiger partial charge in [0.1, 0.15) is 4.99 Å². The molecule has 20 heavy (non-hydrogen) atoms. The van der Waals surface area contributed by atoms with Crippen molar-refractivity contribution in [3.8, 4) is 0 Å². The molecule has 0 saturated carbocycles. The number of carbonyl (C=O) groups excluding carboxylic acids is 1. The number of nitrogens with two attached hydrogens (primary N) is 1. The second kappa shape index (κ2) is 5.86. The van der Waals surface area contributed by atoms with Crippen LogP contribution in [0.15, 0.2) is 29.2 Å². The molecule has 0 spiro atoms. The molecule has 0 aromatic heterocycles. The smallest absolute Gasteiger partial charge is 0.243 e. The fraction of sp³-hybridized carbons (Fsp3) is 0.333. The molecule has 0 aliphatic carbocycles. The van der Waals surface area contributed by atoms with Crippen LogP contribution in [-0.4, -0.2) is 43.3 Å². The zero-order valence-electron chi connectivity index (χ0n) is 10.7. The van der Waals surface area contributed by atoms with Crippen molar-refractivity contribution in [2.24, 2.45) is 5.73 Å². The van der Waals surface area contributed by atoms with Crippen molar-refractivity contribution in [2.45, 2.75) is 11.3 Å². The minimum atomic E-state index is -3.67. The number of hydrogen-bond donors (Lipinski definition) is 2. The standard InChI is InChI=1S/C12H15N3O3S2/c13-12(19)9-2-4-10(5-3-9)20(17,18)15-7-1-6-14-11(16)8-15/h2-5H,1,6-8H2,(H2,13,19)(H,14,16). The molecule has 2 rings (SSSR count). The van der Waals surface area contributed by atoms with Crippen LogP contribution >= 0.6 is 12.2 Å². The normalized spacial score (nSPS) is 17.3. The van der Waals surface area contributed by atoms with E-state index in [4.69, 9.17) is 18.0 Å². The Morgan fingerprint density at radius 3 is 2.55 bits per heavy atom. The molecule has 1 aliphatic rings. The summed E-state index contributed by atoms with van der Waals surface area (Å²) in [6.45, 7) is 0.656. The number of carbonyl (C=O) groups is 1. The average Bonchev–Trinajstić information content (AvgIpc) is 2.64. The number of rotatable bonds is 3. The van der Waals surface area contributed by atoms with Gasteiger partial charge in [0.05, 0.1) is 11.4 Å². The van der Waals surface area contributed by atoms with Gasteiger partial charge in [-0.05, 0) is 18.6 Å². The highest BCUT2D eigenvalue weighted by Gasteiger charge is 2.27. The summed E-state index contributed by atoms with van der Waals surface area (Å²) in [7, 11) is -3.67. The third-order valence-corrected chi connectivity index (χ3v) is 5.10. The molecule has 0 unspecified atom stereocenters. The third kappa shape index (κ3) is 3.14. The lowest BCUT2D eigenvalue weighted by atomic mass is 10.2. The van der Waals surface area contributed by atoms with E-state index in [-0.39, 0.29) is 22.3 Å². The van der Waals surface area contributed by atoms with Gasteiger partial charge in [0.25, 0.3) is 0 Å². The third-order valence-electron chi connectivity index (χ3n) is 3.00. The van der Waals surface area contributed by atoms with E-state index in [1.54, 1.807) is 12.1 Å². The Balaban J connectivity index is 2.29. The maximum absolute atomic E-state index is 12.4. The number of sulfonamides is 1. The van der Waals surface area contributed by atoms with Crippen LogP contribution in [0.2, 0.25) is 0 Å². The van der Waals surface area contributed by atoms with Crippen LogP contribution in [0.25, 0.3) is 0 Å². The van der Waals surface area contributed by atoms with Crippen LogP contribution in [0.1, 0.15) is 12.0 Å². The Kier molecular flexibility index (Phi) is 4.36. The Morgan fingerprint density at radius 1 is 1.30 bits per heavy atom. The number of nitrogens with zero attached hydrogens (tertiary/aromatic N) is 1. The van der Waals surface area contributed by atoms with E-state index >= 15 is 0 Å². The summed E-state index contributed by atoms with van der Waals surface area (Å²) >= 11 is 4.82. The maximum Gasteiger partial charge on any atom is 0.243 e. The van der Waals surface area contributed by atoms with Gasteiger partial charge < -0.3 is 11.1 Å². The number of thiocarbonyl (C=S) groups is 1. The van der Waals surface area contributed by atoms with E-state index in [9.17, 15) is 13.2 Å². The SMILES string of the molecule is NC(=S)c1ccc(S(=O)(=O)N2CCCNC(=O)C2)cc1. The minimum absolute atomic E-state index is 0.132. The lowest BCUT2D eigenvalue weighted by molar-refractivity contribution is -0.120. The molecule has 1 fully saturated rings. The zero-order valence-corrected chi connectivity index (χ0v) is 12.3. The molecule has 3 N–H and O–H groups in total. The van der Waals surface area contributed by atoms with E-state index in [1.165, 1.54) is 16.4 Å². The predicted molar refractivity (Wildman–Crippen MR) is 78.7 cm³/mol. The van der Waals surface area contributed by atoms with Gasteiger partial charge in [0.15, 0.2) is 0 Å². The van der Waals surface area contributed by atoms with Crippen molar-refractivity contribution >= 4 is 33.1 Å². The molecule has 0 atom stereocenters. The minimum Gasteiger partial charge on any atom is -0.389 e. The monoisotopic (exact) mass is 313 g/mol. The fourth-order valence-electron chi connectivity index (χ4n) is 1.92. The van der Waals surface area contributed by atoms with Crippen LogP contribution in [0.5, 0.6) is 0 Å². The van der Waals surface area contributed by atoms with Crippen molar-refractivity contribution in [3.05, 3.63) is 29.8 Å². The second-order valence-corrected chi connectivity index (χ2v) is 6.81. The van der Waals surface area contributed by atoms with Crippen LogP contribution in [0.4, 0.5) is 0 Å². The van der Waals surface area contributed by atoms with Gasteiger partial charge >= 0.3 is 0 Å². The molecule has 6 nitrogen and oxygen atoms in total. The summed E-state index contributed by atoms with van der Waals surface area (Å²) in [5.41, 5.74) is 6.08. The Morgan fingerprint density at radius 2 is 1.95 bits per heavy atom. The quantitative estimate of drug-likeness (QED) is 0.756. The summed E-state index contributed by atoms with van der Waals surface area (Å²) in [6, 6.07) is 6.03. The number of benzene rings is 1. The lowest BCUT2D eigenvalue weighted by Crippen LogP contribution is -2.37. The summed E-state index contributed by atoms with van der Waals surface area (Å²) in [4.78, 5) is 11.8. The van der Waals surface area contributed by atoms with Gasteiger partial charge in [-0.15, -0.1) is 0 Å². The number of amides is 1. The van der Waals surface area contributed by atoms with Crippen LogP contribution in [0, 0.1) is 0 Å². The van der Waals surface area contributed by atoms with Crippen molar-refractivity contribution in [3.63, 3.8) is 0 Å². The summed E-state index contributed by atoms with van der Waals surface area (Å²) < 4.78 is 26.1. The lowest BCUT2D eigenvalue weighted by Gasteiger charge is -2.18. The van der Waals surface area contributed by atoms with Crippen LogP contribution in [0.3, 0.4) is 0 Å². The van der Waals surface area contributed by atoms with Gasteiger partial charge in [-0.1, -0.05) is 24.4 Å². The molecule has 1 heterocycles. The van der Waals surface area contributed by atoms with Crippen LogP contribution < -0.4 is 11.1 Å². The van der Waals surface area contributed by atoms with Gasteiger partial charge in [-0.3, -0.25) is 4.79 Å². The average molecular weight is 313 g/mol. The first-order valence-corrected chi connectivity index (χ1v) is 7.93. The molecule has 0 bridgehead atoms. The van der Waals surface area contributed by atoms with Gasteiger partial charge in [0.2, 0.25) is 15.9 Å². The highest BCUT2D eigenvalue weighted by atomic mass is 32.2. The Hall–Kier alpha value is -1.51. The first-order chi connectivity index (χ1) is 9.41. The van der Waals surface area contributed by atoms with Gasteiger partial charge in [-0.25, -0.2) is 8.42 Å². The molecule has 108 valence electrons. The molecule has 8 heteroatoms. The predicted octanol–water partition coefficient (Wildman–Crippen LogP) is -0.169. The number of hydrogen-bond acceptors (Lipinski definition) is 4. The van der Waals surface area contributed by atoms with Crippen molar-refractivity contribution in [2.75, 3.05) is 19.6 Å². The molecule has 1 saturated heterocycles. The van der Waals surface area contributed by atoms with Gasteiger partial charge in [-0.2, -0.15) is 4.31 Å². The van der Waals surface area contributed by atoms with Crippen molar-refractivity contribution in [1.29, 1.82) is 0 Å². The Bertz CT molecular complexity index is 626. The van der Waals surface area contributed by atoms with Crippen molar-refractivity contribution < 1.29 is 13.2 Å². The maximum atomic E-state index is 12.4. The first kappa shape index (κ1) is 14.9. The first-order valence-electron chi connectivity index (χ1n) is 6.08. The molecule has 1 amide bonds. The van der Waals surface area contributed by atoms with Crippen LogP contribution in [-0.2, 0) is 14.8 Å². The summed E-state index contributed by atoms with van der Waals surface area (Å²) in [6.07, 6.45) is 0.593. The topological polar surface area (TPSA) is 92.5 Å². The molecule has 1 aromatic carbocycles. The van der Waals surface area contributed by atoms with Gasteiger partial charge in [0, 0.05) is 18.7 Å². The highest BCUT2D eigenvalue weighted by Crippen LogP contribution is 2.17. The number of nitrogens with one attached hydrogen (secondary N) is 1. The van der Waals surface area contributed by atoms with E-state index in [2.05, 4.69) is 5.32 Å². The molecule has 1 aromatic rings. The van der Waals surface area contributed by atoms with E-state index in [0.717, 1.165) is 0 Å². The molecular formula is C12H15N3O3S2. The summed E-state index contributed by atoms with van der Waals surface area (Å²) in [5, 5.41) is 2.64. The summed E-state index contributed by atoms with van der Waals surface area (Å²) in [5.74, 6) is -0.286. The molecule has 1 aliphatic heterocycles.